The second kappa shape index (κ2) is 8.48. The van der Waals surface area contributed by atoms with E-state index in [4.69, 9.17) is 0 Å². The molecule has 3 aromatic carbocycles. The van der Waals surface area contributed by atoms with E-state index in [9.17, 15) is 10.1 Å². The Bertz CT molecular complexity index is 966. The van der Waals surface area contributed by atoms with E-state index >= 15 is 0 Å². The molecule has 7 heteroatoms. The van der Waals surface area contributed by atoms with Gasteiger partial charge in [0, 0.05) is 17.7 Å². The van der Waals surface area contributed by atoms with Crippen LogP contribution >= 0.6 is 0 Å². The summed E-state index contributed by atoms with van der Waals surface area (Å²) in [5.41, 5.74) is 6.15. The molecule has 0 fully saturated rings. The van der Waals surface area contributed by atoms with Crippen molar-refractivity contribution in [1.29, 1.82) is 0 Å². The molecule has 0 bridgehead atoms. The van der Waals surface area contributed by atoms with Gasteiger partial charge in [-0.1, -0.05) is 35.9 Å². The van der Waals surface area contributed by atoms with Gasteiger partial charge in [0.1, 0.15) is 0 Å². The second-order valence-electron chi connectivity index (χ2n) is 5.75. The minimum atomic E-state index is -0.448. The Morgan fingerprint density at radius 3 is 2.22 bits per heavy atom. The van der Waals surface area contributed by atoms with E-state index in [1.807, 2.05) is 61.5 Å². The summed E-state index contributed by atoms with van der Waals surface area (Å²) in [5.74, 6) is 0.314. The van der Waals surface area contributed by atoms with Crippen LogP contribution in [0.2, 0.25) is 0 Å². The van der Waals surface area contributed by atoms with Crippen LogP contribution in [0.5, 0.6) is 0 Å². The quantitative estimate of drug-likeness (QED) is 0.215. The number of nitro benzene ring substituents is 1. The first kappa shape index (κ1) is 17.9. The van der Waals surface area contributed by atoms with Gasteiger partial charge in [-0.05, 0) is 43.3 Å². The van der Waals surface area contributed by atoms with Crippen LogP contribution in [0.4, 0.5) is 17.1 Å². The van der Waals surface area contributed by atoms with E-state index in [1.54, 1.807) is 12.1 Å². The molecule has 0 amide bonds. The van der Waals surface area contributed by atoms with Crippen LogP contribution in [0.1, 0.15) is 11.1 Å². The standard InChI is InChI=1S/C20H17N5O2/c1-15-7-11-18(12-8-15)22-24-20(23-21-17-5-3-2-4-6-17)16-9-13-19(14-10-16)25(26)27/h2-14,21H,1H3/b23-20+,24-22?. The molecule has 134 valence electrons. The summed E-state index contributed by atoms with van der Waals surface area (Å²) >= 11 is 0. The third-order valence-corrected chi connectivity index (χ3v) is 3.70. The molecule has 0 aliphatic heterocycles. The fourth-order valence-electron chi connectivity index (χ4n) is 2.22. The summed E-state index contributed by atoms with van der Waals surface area (Å²) in [5, 5.41) is 23.6. The maximum atomic E-state index is 10.9. The number of nitro groups is 1. The zero-order valence-corrected chi connectivity index (χ0v) is 14.6. The lowest BCUT2D eigenvalue weighted by Gasteiger charge is -2.03. The molecule has 27 heavy (non-hydrogen) atoms. The van der Waals surface area contributed by atoms with Gasteiger partial charge in [0.05, 0.1) is 16.3 Å². The van der Waals surface area contributed by atoms with E-state index < -0.39 is 4.92 Å². The molecule has 0 aromatic heterocycles. The molecule has 0 unspecified atom stereocenters. The lowest BCUT2D eigenvalue weighted by atomic mass is 10.2. The van der Waals surface area contributed by atoms with E-state index in [1.165, 1.54) is 12.1 Å². The fourth-order valence-corrected chi connectivity index (χ4v) is 2.22. The Kier molecular flexibility index (Phi) is 5.64. The normalized spacial score (nSPS) is 11.5. The SMILES string of the molecule is Cc1ccc(N=N/C(=N/Nc2ccccc2)c2ccc([N+](=O)[O-])cc2)cc1. The Morgan fingerprint density at radius 2 is 1.59 bits per heavy atom. The Balaban J connectivity index is 1.90. The first-order valence-corrected chi connectivity index (χ1v) is 8.24. The van der Waals surface area contributed by atoms with Gasteiger partial charge < -0.3 is 0 Å². The summed E-state index contributed by atoms with van der Waals surface area (Å²) in [6, 6.07) is 23.0. The molecule has 0 radical (unpaired) electrons. The number of aryl methyl sites for hydroxylation is 1. The molecule has 0 saturated carbocycles. The number of azo groups is 1. The Labute approximate surface area is 156 Å². The van der Waals surface area contributed by atoms with Gasteiger partial charge in [-0.15, -0.1) is 10.2 Å². The van der Waals surface area contributed by atoms with Crippen LogP contribution < -0.4 is 5.43 Å². The third-order valence-electron chi connectivity index (χ3n) is 3.70. The summed E-state index contributed by atoms with van der Waals surface area (Å²) in [6.45, 7) is 1.99. The minimum Gasteiger partial charge on any atom is -0.276 e. The van der Waals surface area contributed by atoms with Crippen LogP contribution in [0, 0.1) is 17.0 Å². The highest BCUT2D eigenvalue weighted by Gasteiger charge is 2.08. The largest absolute Gasteiger partial charge is 0.276 e. The van der Waals surface area contributed by atoms with Crippen molar-refractivity contribution in [3.8, 4) is 0 Å². The number of benzene rings is 3. The number of hydrazone groups is 1. The number of hydrogen-bond acceptors (Lipinski definition) is 5. The smallest absolute Gasteiger partial charge is 0.269 e. The zero-order valence-electron chi connectivity index (χ0n) is 14.6. The predicted octanol–water partition coefficient (Wildman–Crippen LogP) is 5.46. The number of hydrogen-bond donors (Lipinski definition) is 1. The van der Waals surface area contributed by atoms with Crippen LogP contribution in [-0.4, -0.2) is 10.8 Å². The van der Waals surface area contributed by atoms with Crippen molar-refractivity contribution in [2.45, 2.75) is 6.92 Å². The van der Waals surface area contributed by atoms with E-state index in [0.29, 0.717) is 17.1 Å². The molecule has 0 heterocycles. The molecule has 0 spiro atoms. The number of amidine groups is 1. The zero-order chi connectivity index (χ0) is 19.1. The van der Waals surface area contributed by atoms with Crippen molar-refractivity contribution in [1.82, 2.24) is 0 Å². The summed E-state index contributed by atoms with van der Waals surface area (Å²) in [4.78, 5) is 10.4. The van der Waals surface area contributed by atoms with Gasteiger partial charge in [-0.3, -0.25) is 15.5 Å². The molecular weight excluding hydrogens is 342 g/mol. The van der Waals surface area contributed by atoms with Crippen LogP contribution in [0.15, 0.2) is 94.2 Å². The van der Waals surface area contributed by atoms with Gasteiger partial charge in [0.25, 0.3) is 5.69 Å². The van der Waals surface area contributed by atoms with E-state index in [-0.39, 0.29) is 5.69 Å². The molecular formula is C20H17N5O2. The lowest BCUT2D eigenvalue weighted by Crippen LogP contribution is -2.01. The molecule has 7 nitrogen and oxygen atoms in total. The number of non-ortho nitro benzene ring substituents is 1. The number of para-hydroxylation sites is 1. The van der Waals surface area contributed by atoms with Gasteiger partial charge in [-0.2, -0.15) is 5.10 Å². The highest BCUT2D eigenvalue weighted by molar-refractivity contribution is 5.99. The van der Waals surface area contributed by atoms with Crippen molar-refractivity contribution in [2.24, 2.45) is 15.3 Å². The summed E-state index contributed by atoms with van der Waals surface area (Å²) in [6.07, 6.45) is 0. The molecule has 1 N–H and O–H groups in total. The van der Waals surface area contributed by atoms with Crippen LogP contribution in [0.3, 0.4) is 0 Å². The predicted molar refractivity (Wildman–Crippen MR) is 105 cm³/mol. The second-order valence-corrected chi connectivity index (χ2v) is 5.75. The maximum Gasteiger partial charge on any atom is 0.269 e. The summed E-state index contributed by atoms with van der Waals surface area (Å²) in [7, 11) is 0. The topological polar surface area (TPSA) is 92.2 Å². The van der Waals surface area contributed by atoms with E-state index in [0.717, 1.165) is 11.3 Å². The highest BCUT2D eigenvalue weighted by atomic mass is 16.6. The molecule has 0 aliphatic carbocycles. The van der Waals surface area contributed by atoms with E-state index in [2.05, 4.69) is 20.8 Å². The number of anilines is 1. The minimum absolute atomic E-state index is 0.00425. The van der Waals surface area contributed by atoms with Crippen molar-refractivity contribution in [3.05, 3.63) is 100 Å². The number of nitrogens with zero attached hydrogens (tertiary/aromatic N) is 4. The molecule has 0 atom stereocenters. The maximum absolute atomic E-state index is 10.9. The third kappa shape index (κ3) is 5.05. The summed E-state index contributed by atoms with van der Waals surface area (Å²) < 4.78 is 0. The Hall–Kier alpha value is -3.87. The molecule has 0 saturated heterocycles. The van der Waals surface area contributed by atoms with Gasteiger partial charge >= 0.3 is 0 Å². The Morgan fingerprint density at radius 1 is 0.926 bits per heavy atom. The average Bonchev–Trinajstić information content (AvgIpc) is 2.70. The number of rotatable bonds is 5. The average molecular weight is 359 g/mol. The molecule has 3 aromatic rings. The van der Waals surface area contributed by atoms with Gasteiger partial charge in [0.2, 0.25) is 5.84 Å². The van der Waals surface area contributed by atoms with Crippen LogP contribution in [-0.2, 0) is 0 Å². The lowest BCUT2D eigenvalue weighted by molar-refractivity contribution is -0.384. The fraction of sp³-hybridized carbons (Fsp3) is 0.0500. The van der Waals surface area contributed by atoms with Crippen LogP contribution in [0.25, 0.3) is 0 Å². The molecule has 3 rings (SSSR count). The molecule has 0 aliphatic rings. The van der Waals surface area contributed by atoms with Crippen molar-refractivity contribution < 1.29 is 4.92 Å². The monoisotopic (exact) mass is 359 g/mol. The highest BCUT2D eigenvalue weighted by Crippen LogP contribution is 2.17. The first-order chi connectivity index (χ1) is 13.1. The van der Waals surface area contributed by atoms with Crippen molar-refractivity contribution in [3.63, 3.8) is 0 Å². The first-order valence-electron chi connectivity index (χ1n) is 8.24. The van der Waals surface area contributed by atoms with Gasteiger partial charge in [0.15, 0.2) is 0 Å². The van der Waals surface area contributed by atoms with Gasteiger partial charge in [-0.25, -0.2) is 0 Å². The van der Waals surface area contributed by atoms with Crippen molar-refractivity contribution >= 4 is 22.9 Å². The van der Waals surface area contributed by atoms with Crippen molar-refractivity contribution in [2.75, 3.05) is 5.43 Å². The number of nitrogens with one attached hydrogen (secondary N) is 1.